The van der Waals surface area contributed by atoms with Gasteiger partial charge in [0.1, 0.15) is 5.75 Å². The molecule has 0 fully saturated rings. The number of nitrogens with two attached hydrogens (primary N) is 1. The first-order valence-electron chi connectivity index (χ1n) is 5.49. The Bertz CT molecular complexity index is 502. The monoisotopic (exact) mass is 265 g/mol. The third kappa shape index (κ3) is 3.78. The van der Waals surface area contributed by atoms with Gasteiger partial charge in [0.05, 0.1) is 29.8 Å². The molecule has 0 heterocycles. The summed E-state index contributed by atoms with van der Waals surface area (Å²) in [4.78, 5) is 21.8. The molecule has 0 aromatic heterocycles. The number of anilines is 1. The number of nitro groups is 1. The maximum Gasteiger partial charge on any atom is 0.273 e. The first-order chi connectivity index (χ1) is 8.99. The van der Waals surface area contributed by atoms with Crippen LogP contribution < -0.4 is 15.8 Å². The van der Waals surface area contributed by atoms with E-state index < -0.39 is 16.9 Å². The number of amides is 1. The summed E-state index contributed by atoms with van der Waals surface area (Å²) in [7, 11) is 1.36. The van der Waals surface area contributed by atoms with Crippen LogP contribution in [0.15, 0.2) is 30.9 Å². The van der Waals surface area contributed by atoms with Crippen LogP contribution >= 0.6 is 0 Å². The van der Waals surface area contributed by atoms with E-state index in [0.717, 1.165) is 0 Å². The maximum atomic E-state index is 11.7. The number of nitro benzene ring substituents is 1. The summed E-state index contributed by atoms with van der Waals surface area (Å²) in [6, 6.07) is 3.18. The Morgan fingerprint density at radius 3 is 2.89 bits per heavy atom. The van der Waals surface area contributed by atoms with Crippen LogP contribution in [0.2, 0.25) is 0 Å². The summed E-state index contributed by atoms with van der Waals surface area (Å²) in [5, 5.41) is 13.2. The maximum absolute atomic E-state index is 11.7. The zero-order valence-electron chi connectivity index (χ0n) is 10.5. The van der Waals surface area contributed by atoms with Gasteiger partial charge in [-0.15, -0.1) is 6.58 Å². The van der Waals surface area contributed by atoms with E-state index in [2.05, 4.69) is 11.9 Å². The second-order valence-electron chi connectivity index (χ2n) is 3.76. The van der Waals surface area contributed by atoms with Crippen LogP contribution in [0.5, 0.6) is 5.75 Å². The zero-order valence-corrected chi connectivity index (χ0v) is 10.5. The minimum absolute atomic E-state index is 0.120. The highest BCUT2D eigenvalue weighted by Crippen LogP contribution is 2.29. The molecule has 0 saturated heterocycles. The lowest BCUT2D eigenvalue weighted by Gasteiger charge is -2.13. The quantitative estimate of drug-likeness (QED) is 0.459. The van der Waals surface area contributed by atoms with Gasteiger partial charge in [0, 0.05) is 6.07 Å². The van der Waals surface area contributed by atoms with Gasteiger partial charge in [0.2, 0.25) is 5.91 Å². The first kappa shape index (κ1) is 14.7. The Balaban J connectivity index is 2.92. The summed E-state index contributed by atoms with van der Waals surface area (Å²) in [5.74, 6) is -0.208. The number of nitrogens with one attached hydrogen (secondary N) is 1. The molecular weight excluding hydrogens is 250 g/mol. The molecule has 102 valence electrons. The van der Waals surface area contributed by atoms with Crippen molar-refractivity contribution in [3.05, 3.63) is 41.0 Å². The van der Waals surface area contributed by atoms with Gasteiger partial charge in [-0.05, 0) is 12.5 Å². The van der Waals surface area contributed by atoms with Gasteiger partial charge >= 0.3 is 0 Å². The predicted molar refractivity (Wildman–Crippen MR) is 71.1 cm³/mol. The van der Waals surface area contributed by atoms with Gasteiger partial charge in [-0.25, -0.2) is 0 Å². The molecule has 1 atom stereocenters. The highest BCUT2D eigenvalue weighted by molar-refractivity contribution is 5.96. The highest BCUT2D eigenvalue weighted by atomic mass is 16.6. The summed E-state index contributed by atoms with van der Waals surface area (Å²) >= 11 is 0. The molecule has 0 aliphatic rings. The van der Waals surface area contributed by atoms with E-state index in [1.54, 1.807) is 0 Å². The van der Waals surface area contributed by atoms with Gasteiger partial charge in [-0.1, -0.05) is 6.08 Å². The number of carbonyl (C=O) groups excluding carboxylic acids is 1. The van der Waals surface area contributed by atoms with Crippen LogP contribution in [-0.4, -0.2) is 24.0 Å². The molecule has 1 aromatic carbocycles. The Kier molecular flexibility index (Phi) is 5.01. The second kappa shape index (κ2) is 6.50. The fourth-order valence-corrected chi connectivity index (χ4v) is 1.41. The average molecular weight is 265 g/mol. The third-order valence-corrected chi connectivity index (χ3v) is 2.41. The number of nitrogens with zero attached hydrogens (tertiary/aromatic N) is 1. The van der Waals surface area contributed by atoms with Crippen LogP contribution in [0.1, 0.15) is 6.42 Å². The van der Waals surface area contributed by atoms with Crippen molar-refractivity contribution in [1.82, 2.24) is 0 Å². The van der Waals surface area contributed by atoms with E-state index in [1.165, 1.54) is 31.4 Å². The molecule has 0 aliphatic carbocycles. The molecule has 0 radical (unpaired) electrons. The Hall–Kier alpha value is -2.41. The minimum Gasteiger partial charge on any atom is -0.494 e. The molecule has 0 bridgehead atoms. The molecule has 1 aromatic rings. The first-order valence-corrected chi connectivity index (χ1v) is 5.49. The molecule has 0 spiro atoms. The smallest absolute Gasteiger partial charge is 0.273 e. The average Bonchev–Trinajstić information content (AvgIpc) is 2.39. The van der Waals surface area contributed by atoms with Gasteiger partial charge < -0.3 is 15.8 Å². The van der Waals surface area contributed by atoms with Crippen LogP contribution in [0.4, 0.5) is 11.4 Å². The van der Waals surface area contributed by atoms with Crippen molar-refractivity contribution in [2.75, 3.05) is 12.4 Å². The number of benzene rings is 1. The molecule has 7 nitrogen and oxygen atoms in total. The van der Waals surface area contributed by atoms with E-state index in [0.29, 0.717) is 12.1 Å². The summed E-state index contributed by atoms with van der Waals surface area (Å²) in [6.07, 6.45) is 1.87. The molecule has 3 N–H and O–H groups in total. The standard InChI is InChI=1S/C12H15N3O4/c1-3-4-9(13)12(16)14-10-6-5-8(15(17)18)7-11(10)19-2/h3,5-7,9H,1,4,13H2,2H3,(H,14,16). The van der Waals surface area contributed by atoms with Crippen LogP contribution in [0, 0.1) is 10.1 Å². The van der Waals surface area contributed by atoms with Crippen LogP contribution in [0.3, 0.4) is 0 Å². The van der Waals surface area contributed by atoms with E-state index in [4.69, 9.17) is 10.5 Å². The molecule has 19 heavy (non-hydrogen) atoms. The van der Waals surface area contributed by atoms with Crippen LogP contribution in [0.25, 0.3) is 0 Å². The normalized spacial score (nSPS) is 11.5. The van der Waals surface area contributed by atoms with Gasteiger partial charge in [0.25, 0.3) is 5.69 Å². The van der Waals surface area contributed by atoms with Gasteiger partial charge in [-0.3, -0.25) is 14.9 Å². The highest BCUT2D eigenvalue weighted by Gasteiger charge is 2.16. The molecule has 0 aliphatic heterocycles. The summed E-state index contributed by atoms with van der Waals surface area (Å²) in [5.41, 5.74) is 5.82. The lowest BCUT2D eigenvalue weighted by atomic mass is 10.2. The number of methoxy groups -OCH3 is 1. The Labute approximate surface area is 110 Å². The van der Waals surface area contributed by atoms with E-state index in [1.807, 2.05) is 0 Å². The van der Waals surface area contributed by atoms with Crippen molar-refractivity contribution in [3.63, 3.8) is 0 Å². The number of ether oxygens (including phenoxy) is 1. The molecular formula is C12H15N3O4. The van der Waals surface area contributed by atoms with Gasteiger partial charge in [-0.2, -0.15) is 0 Å². The fraction of sp³-hybridized carbons (Fsp3) is 0.250. The topological polar surface area (TPSA) is 107 Å². The minimum atomic E-state index is -0.725. The van der Waals surface area contributed by atoms with Gasteiger partial charge in [0.15, 0.2) is 0 Å². The van der Waals surface area contributed by atoms with Crippen LogP contribution in [-0.2, 0) is 4.79 Å². The summed E-state index contributed by atoms with van der Waals surface area (Å²) < 4.78 is 5.00. The number of non-ortho nitro benzene ring substituents is 1. The Morgan fingerprint density at radius 2 is 2.37 bits per heavy atom. The Morgan fingerprint density at radius 1 is 1.68 bits per heavy atom. The largest absolute Gasteiger partial charge is 0.494 e. The number of rotatable bonds is 6. The van der Waals surface area contributed by atoms with Crippen molar-refractivity contribution >= 4 is 17.3 Å². The number of hydrogen-bond donors (Lipinski definition) is 2. The lowest BCUT2D eigenvalue weighted by molar-refractivity contribution is -0.384. The summed E-state index contributed by atoms with van der Waals surface area (Å²) in [6.45, 7) is 3.50. The fourth-order valence-electron chi connectivity index (χ4n) is 1.41. The van der Waals surface area contributed by atoms with E-state index in [9.17, 15) is 14.9 Å². The zero-order chi connectivity index (χ0) is 14.4. The van der Waals surface area contributed by atoms with Crippen molar-refractivity contribution in [3.8, 4) is 5.75 Å². The lowest BCUT2D eigenvalue weighted by Crippen LogP contribution is -2.35. The van der Waals surface area contributed by atoms with Crippen molar-refractivity contribution in [2.45, 2.75) is 12.5 Å². The number of hydrogen-bond acceptors (Lipinski definition) is 5. The molecule has 7 heteroatoms. The second-order valence-corrected chi connectivity index (χ2v) is 3.76. The predicted octanol–water partition coefficient (Wildman–Crippen LogP) is 1.45. The third-order valence-electron chi connectivity index (χ3n) is 2.41. The van der Waals surface area contributed by atoms with E-state index in [-0.39, 0.29) is 11.4 Å². The van der Waals surface area contributed by atoms with Crippen molar-refractivity contribution in [2.24, 2.45) is 5.73 Å². The number of carbonyl (C=O) groups is 1. The SMILES string of the molecule is C=CCC(N)C(=O)Nc1ccc([N+](=O)[O-])cc1OC. The molecule has 1 amide bonds. The molecule has 1 rings (SSSR count). The van der Waals surface area contributed by atoms with E-state index >= 15 is 0 Å². The van der Waals surface area contributed by atoms with Crippen molar-refractivity contribution < 1.29 is 14.5 Å². The molecule has 1 unspecified atom stereocenters. The van der Waals surface area contributed by atoms with Crippen molar-refractivity contribution in [1.29, 1.82) is 0 Å². The molecule has 0 saturated carbocycles.